The first-order valence-electron chi connectivity index (χ1n) is 9.46. The number of methoxy groups -OCH3 is 2. The summed E-state index contributed by atoms with van der Waals surface area (Å²) >= 11 is 6.02. The molecule has 0 atom stereocenters. The number of carbonyl (C=O) groups is 1. The predicted octanol–water partition coefficient (Wildman–Crippen LogP) is 3.23. The molecule has 10 heteroatoms. The van der Waals surface area contributed by atoms with Gasteiger partial charge in [0, 0.05) is 11.6 Å². The number of nitrogens with one attached hydrogen (secondary N) is 1. The summed E-state index contributed by atoms with van der Waals surface area (Å²) in [6.45, 7) is 3.58. The van der Waals surface area contributed by atoms with Crippen LogP contribution in [0.3, 0.4) is 0 Å². The highest BCUT2D eigenvalue weighted by Gasteiger charge is 2.24. The molecule has 0 spiro atoms. The maximum atomic E-state index is 12.6. The third-order valence-corrected chi connectivity index (χ3v) is 5.54. The second-order valence-electron chi connectivity index (χ2n) is 7.01. The number of nitrogens with zero attached hydrogens (tertiary/aromatic N) is 1. The summed E-state index contributed by atoms with van der Waals surface area (Å²) in [4.78, 5) is 12.6. The fourth-order valence-corrected chi connectivity index (χ4v) is 3.82. The van der Waals surface area contributed by atoms with Crippen LogP contribution in [0.15, 0.2) is 36.4 Å². The van der Waals surface area contributed by atoms with E-state index >= 15 is 0 Å². The molecule has 2 aromatic carbocycles. The van der Waals surface area contributed by atoms with E-state index < -0.39 is 22.5 Å². The fraction of sp³-hybridized carbons (Fsp3) is 0.381. The Kier molecular flexibility index (Phi) is 8.41. The van der Waals surface area contributed by atoms with Gasteiger partial charge >= 0.3 is 0 Å². The standard InChI is InChI=1S/C21H27ClN2O6S/c1-14(2)30-19-8-6-15(10-20(19)29-4)12-23-21(25)13-24(31(5,26)27)17-11-16(22)7-9-18(17)28-3/h6-11,14H,12-13H2,1-5H3,(H,23,25). The van der Waals surface area contributed by atoms with Gasteiger partial charge in [-0.15, -0.1) is 0 Å². The maximum absolute atomic E-state index is 12.6. The van der Waals surface area contributed by atoms with Gasteiger partial charge in [0.05, 0.1) is 32.3 Å². The Hall–Kier alpha value is -2.65. The molecule has 0 aliphatic heterocycles. The summed E-state index contributed by atoms with van der Waals surface area (Å²) in [6.07, 6.45) is 1.00. The third kappa shape index (κ3) is 6.93. The van der Waals surface area contributed by atoms with Gasteiger partial charge in [0.15, 0.2) is 11.5 Å². The predicted molar refractivity (Wildman–Crippen MR) is 121 cm³/mol. The normalized spacial score (nSPS) is 11.2. The molecule has 0 saturated carbocycles. The topological polar surface area (TPSA) is 94.2 Å². The first kappa shape index (κ1) is 24.6. The van der Waals surface area contributed by atoms with Gasteiger partial charge in [-0.05, 0) is 49.7 Å². The van der Waals surface area contributed by atoms with E-state index in [1.165, 1.54) is 20.3 Å². The van der Waals surface area contributed by atoms with Crippen LogP contribution < -0.4 is 23.8 Å². The molecular weight excluding hydrogens is 444 g/mol. The molecule has 0 aromatic heterocycles. The minimum absolute atomic E-state index is 0.00934. The SMILES string of the molecule is COc1cc(CNC(=O)CN(c2cc(Cl)ccc2OC)S(C)(=O)=O)ccc1OC(C)C. The van der Waals surface area contributed by atoms with Crippen molar-refractivity contribution in [1.29, 1.82) is 0 Å². The summed E-state index contributed by atoms with van der Waals surface area (Å²) in [5, 5.41) is 3.04. The van der Waals surface area contributed by atoms with Gasteiger partial charge in [-0.1, -0.05) is 17.7 Å². The van der Waals surface area contributed by atoms with Crippen LogP contribution in [0.1, 0.15) is 19.4 Å². The van der Waals surface area contributed by atoms with E-state index in [0.717, 1.165) is 16.1 Å². The van der Waals surface area contributed by atoms with Crippen LogP contribution in [0, 0.1) is 0 Å². The largest absolute Gasteiger partial charge is 0.495 e. The van der Waals surface area contributed by atoms with E-state index in [-0.39, 0.29) is 24.1 Å². The van der Waals surface area contributed by atoms with Gasteiger partial charge in [-0.3, -0.25) is 9.10 Å². The van der Waals surface area contributed by atoms with Crippen LogP contribution >= 0.6 is 11.6 Å². The molecule has 0 bridgehead atoms. The van der Waals surface area contributed by atoms with Crippen molar-refractivity contribution in [2.24, 2.45) is 0 Å². The molecule has 0 fully saturated rings. The first-order chi connectivity index (χ1) is 14.5. The fourth-order valence-electron chi connectivity index (χ4n) is 2.80. The average Bonchev–Trinajstić information content (AvgIpc) is 2.70. The number of amides is 1. The quantitative estimate of drug-likeness (QED) is 0.573. The Labute approximate surface area is 188 Å². The van der Waals surface area contributed by atoms with Gasteiger partial charge in [0.1, 0.15) is 12.3 Å². The Bertz CT molecular complexity index is 1030. The number of anilines is 1. The summed E-state index contributed by atoms with van der Waals surface area (Å²) in [5.41, 5.74) is 0.956. The smallest absolute Gasteiger partial charge is 0.241 e. The highest BCUT2D eigenvalue weighted by molar-refractivity contribution is 7.92. The molecule has 0 saturated heterocycles. The highest BCUT2D eigenvalue weighted by Crippen LogP contribution is 2.33. The van der Waals surface area contributed by atoms with Crippen molar-refractivity contribution in [3.63, 3.8) is 0 Å². The molecule has 0 aliphatic carbocycles. The van der Waals surface area contributed by atoms with Crippen LogP contribution in [0.25, 0.3) is 0 Å². The van der Waals surface area contributed by atoms with Crippen molar-refractivity contribution in [2.45, 2.75) is 26.5 Å². The molecule has 0 aliphatic rings. The van der Waals surface area contributed by atoms with E-state index in [0.29, 0.717) is 16.5 Å². The molecular formula is C21H27ClN2O6S. The van der Waals surface area contributed by atoms with Crippen molar-refractivity contribution in [1.82, 2.24) is 5.32 Å². The minimum Gasteiger partial charge on any atom is -0.495 e. The van der Waals surface area contributed by atoms with Crippen LogP contribution in [-0.4, -0.2) is 47.4 Å². The number of halogens is 1. The Morgan fingerprint density at radius 3 is 2.29 bits per heavy atom. The summed E-state index contributed by atoms with van der Waals surface area (Å²) in [5.74, 6) is 0.938. The van der Waals surface area contributed by atoms with Gasteiger partial charge in [-0.2, -0.15) is 0 Å². The van der Waals surface area contributed by atoms with Gasteiger partial charge in [-0.25, -0.2) is 8.42 Å². The summed E-state index contributed by atoms with van der Waals surface area (Å²) in [7, 11) is -0.831. The zero-order valence-corrected chi connectivity index (χ0v) is 19.7. The molecule has 31 heavy (non-hydrogen) atoms. The van der Waals surface area contributed by atoms with Gasteiger partial charge in [0.2, 0.25) is 15.9 Å². The van der Waals surface area contributed by atoms with Crippen molar-refractivity contribution in [3.8, 4) is 17.2 Å². The molecule has 2 rings (SSSR count). The lowest BCUT2D eigenvalue weighted by Crippen LogP contribution is -2.40. The molecule has 8 nitrogen and oxygen atoms in total. The van der Waals surface area contributed by atoms with E-state index in [1.807, 2.05) is 13.8 Å². The van der Waals surface area contributed by atoms with E-state index in [4.69, 9.17) is 25.8 Å². The highest BCUT2D eigenvalue weighted by atomic mass is 35.5. The van der Waals surface area contributed by atoms with Crippen molar-refractivity contribution in [2.75, 3.05) is 31.3 Å². The second kappa shape index (κ2) is 10.6. The van der Waals surface area contributed by atoms with E-state index in [9.17, 15) is 13.2 Å². The monoisotopic (exact) mass is 470 g/mol. The van der Waals surface area contributed by atoms with E-state index in [2.05, 4.69) is 5.32 Å². The van der Waals surface area contributed by atoms with Crippen LogP contribution in [0.5, 0.6) is 17.2 Å². The maximum Gasteiger partial charge on any atom is 0.241 e. The van der Waals surface area contributed by atoms with Gasteiger partial charge in [0.25, 0.3) is 0 Å². The van der Waals surface area contributed by atoms with Crippen LogP contribution in [-0.2, 0) is 21.4 Å². The molecule has 1 N–H and O–H groups in total. The van der Waals surface area contributed by atoms with E-state index in [1.54, 1.807) is 30.3 Å². The van der Waals surface area contributed by atoms with Crippen molar-refractivity contribution >= 4 is 33.2 Å². The zero-order chi connectivity index (χ0) is 23.2. The Morgan fingerprint density at radius 2 is 1.71 bits per heavy atom. The molecule has 0 radical (unpaired) electrons. The Morgan fingerprint density at radius 1 is 1.06 bits per heavy atom. The summed E-state index contributed by atoms with van der Waals surface area (Å²) < 4.78 is 41.9. The number of ether oxygens (including phenoxy) is 3. The number of sulfonamides is 1. The average molecular weight is 471 g/mol. The van der Waals surface area contributed by atoms with Crippen LogP contribution in [0.4, 0.5) is 5.69 Å². The lowest BCUT2D eigenvalue weighted by atomic mass is 10.2. The van der Waals surface area contributed by atoms with Crippen molar-refractivity contribution in [3.05, 3.63) is 47.0 Å². The molecule has 2 aromatic rings. The lowest BCUT2D eigenvalue weighted by molar-refractivity contribution is -0.119. The van der Waals surface area contributed by atoms with Crippen LogP contribution in [0.2, 0.25) is 5.02 Å². The number of hydrogen-bond donors (Lipinski definition) is 1. The zero-order valence-electron chi connectivity index (χ0n) is 18.1. The third-order valence-electron chi connectivity index (χ3n) is 4.18. The Balaban J connectivity index is 2.15. The summed E-state index contributed by atoms with van der Waals surface area (Å²) in [6, 6.07) is 9.87. The molecule has 170 valence electrons. The second-order valence-corrected chi connectivity index (χ2v) is 9.36. The molecule has 0 unspecified atom stereocenters. The molecule has 1 amide bonds. The van der Waals surface area contributed by atoms with Crippen molar-refractivity contribution < 1.29 is 27.4 Å². The molecule has 0 heterocycles. The number of rotatable bonds is 10. The number of hydrogen-bond acceptors (Lipinski definition) is 6. The minimum atomic E-state index is -3.78. The first-order valence-corrected chi connectivity index (χ1v) is 11.7. The number of benzene rings is 2. The lowest BCUT2D eigenvalue weighted by Gasteiger charge is -2.24. The van der Waals surface area contributed by atoms with Gasteiger partial charge < -0.3 is 19.5 Å². The number of carbonyl (C=O) groups excluding carboxylic acids is 1.